The van der Waals surface area contributed by atoms with E-state index in [1.807, 2.05) is 53.9 Å². The summed E-state index contributed by atoms with van der Waals surface area (Å²) in [6, 6.07) is 18.2. The van der Waals surface area contributed by atoms with Crippen LogP contribution >= 0.6 is 11.3 Å². The quantitative estimate of drug-likeness (QED) is 0.469. The van der Waals surface area contributed by atoms with Crippen molar-refractivity contribution in [3.05, 3.63) is 98.9 Å². The lowest BCUT2D eigenvalue weighted by Crippen LogP contribution is -2.30. The highest BCUT2D eigenvalue weighted by Crippen LogP contribution is 2.41. The van der Waals surface area contributed by atoms with Gasteiger partial charge in [-0.3, -0.25) is 9.59 Å². The van der Waals surface area contributed by atoms with Crippen LogP contribution in [0.25, 0.3) is 0 Å². The van der Waals surface area contributed by atoms with Crippen LogP contribution in [0.1, 0.15) is 53.2 Å². The molecule has 1 N–H and O–H groups in total. The van der Waals surface area contributed by atoms with Gasteiger partial charge in [0.2, 0.25) is 5.78 Å². The van der Waals surface area contributed by atoms with Crippen LogP contribution in [-0.2, 0) is 16.8 Å². The molecule has 5 nitrogen and oxygen atoms in total. The largest absolute Gasteiger partial charge is 0.503 e. The third-order valence-electron chi connectivity index (χ3n) is 5.87. The van der Waals surface area contributed by atoms with Gasteiger partial charge in [-0.05, 0) is 45.7 Å². The van der Waals surface area contributed by atoms with Gasteiger partial charge in [0.25, 0.3) is 5.91 Å². The molecular formula is C27H27NO4S. The summed E-state index contributed by atoms with van der Waals surface area (Å²) in [5, 5.41) is 12.6. The molecule has 0 aliphatic carbocycles. The summed E-state index contributed by atoms with van der Waals surface area (Å²) < 4.78 is 5.32. The monoisotopic (exact) mass is 461 g/mol. The zero-order chi connectivity index (χ0) is 23.8. The van der Waals surface area contributed by atoms with Crippen molar-refractivity contribution in [1.82, 2.24) is 4.90 Å². The first-order valence-corrected chi connectivity index (χ1v) is 11.6. The Morgan fingerprint density at radius 3 is 2.42 bits per heavy atom. The molecule has 0 saturated heterocycles. The van der Waals surface area contributed by atoms with Gasteiger partial charge < -0.3 is 14.7 Å². The smallest absolute Gasteiger partial charge is 0.290 e. The number of ketones is 1. The molecule has 3 aromatic rings. The number of aliphatic hydroxyl groups excluding tert-OH is 1. The van der Waals surface area contributed by atoms with Crippen molar-refractivity contribution in [2.75, 3.05) is 7.11 Å². The molecule has 0 saturated carbocycles. The molecule has 1 aromatic heterocycles. The molecule has 2 heterocycles. The number of aliphatic hydroxyl groups is 1. The van der Waals surface area contributed by atoms with E-state index in [4.69, 9.17) is 4.74 Å². The second kappa shape index (κ2) is 8.87. The van der Waals surface area contributed by atoms with E-state index in [2.05, 4.69) is 20.8 Å². The summed E-state index contributed by atoms with van der Waals surface area (Å²) >= 11 is 1.29. The van der Waals surface area contributed by atoms with E-state index in [1.54, 1.807) is 24.1 Å². The van der Waals surface area contributed by atoms with Gasteiger partial charge in [-0.1, -0.05) is 63.2 Å². The molecular weight excluding hydrogens is 434 g/mol. The number of rotatable bonds is 6. The molecule has 0 radical (unpaired) electrons. The Morgan fingerprint density at radius 1 is 1.09 bits per heavy atom. The average molecular weight is 462 g/mol. The maximum atomic E-state index is 13.4. The number of thiophene rings is 1. The van der Waals surface area contributed by atoms with Gasteiger partial charge in [-0.2, -0.15) is 0 Å². The van der Waals surface area contributed by atoms with E-state index in [-0.39, 0.29) is 23.3 Å². The lowest BCUT2D eigenvalue weighted by molar-refractivity contribution is -0.130. The van der Waals surface area contributed by atoms with Crippen LogP contribution in [-0.4, -0.2) is 28.8 Å². The normalized spacial score (nSPS) is 16.4. The fraction of sp³-hybridized carbons (Fsp3) is 0.259. The number of nitrogens with zero attached hydrogens (tertiary/aromatic N) is 1. The molecule has 1 atom stereocenters. The SMILES string of the molecule is COc1cccc(CN2C(=O)C(O)=C(C(=O)c3cccs3)C2c2ccc(C(C)(C)C)cc2)c1. The fourth-order valence-corrected chi connectivity index (χ4v) is 4.75. The van der Waals surface area contributed by atoms with Crippen molar-refractivity contribution in [3.8, 4) is 5.75 Å². The number of amides is 1. The lowest BCUT2D eigenvalue weighted by Gasteiger charge is -2.28. The zero-order valence-corrected chi connectivity index (χ0v) is 20.0. The summed E-state index contributed by atoms with van der Waals surface area (Å²) in [5.74, 6) is -0.685. The maximum Gasteiger partial charge on any atom is 0.290 e. The third-order valence-corrected chi connectivity index (χ3v) is 6.74. The number of ether oxygens (including phenoxy) is 1. The van der Waals surface area contributed by atoms with Crippen LogP contribution in [0.5, 0.6) is 5.75 Å². The summed E-state index contributed by atoms with van der Waals surface area (Å²) in [7, 11) is 1.59. The van der Waals surface area contributed by atoms with Crippen LogP contribution in [0.3, 0.4) is 0 Å². The standard InChI is InChI=1S/C27H27NO4S/c1-27(2,3)19-12-10-18(11-13-19)23-22(24(29)21-9-6-14-33-21)25(30)26(31)28(23)16-17-7-5-8-20(15-17)32-4/h5-15,23,30H,16H2,1-4H3. The van der Waals surface area contributed by atoms with Crippen LogP contribution in [0.2, 0.25) is 0 Å². The molecule has 170 valence electrons. The van der Waals surface area contributed by atoms with Crippen molar-refractivity contribution >= 4 is 23.0 Å². The maximum absolute atomic E-state index is 13.4. The van der Waals surface area contributed by atoms with Crippen molar-refractivity contribution < 1.29 is 19.4 Å². The van der Waals surface area contributed by atoms with Crippen molar-refractivity contribution in [3.63, 3.8) is 0 Å². The predicted molar refractivity (Wildman–Crippen MR) is 130 cm³/mol. The number of Topliss-reactive ketones (excluding diaryl/α,β-unsaturated/α-hetero) is 1. The first-order valence-electron chi connectivity index (χ1n) is 10.8. The van der Waals surface area contributed by atoms with Crippen LogP contribution in [0.15, 0.2) is 77.4 Å². The highest BCUT2D eigenvalue weighted by molar-refractivity contribution is 7.12. The van der Waals surface area contributed by atoms with Crippen LogP contribution in [0.4, 0.5) is 0 Å². The van der Waals surface area contributed by atoms with E-state index in [0.717, 1.165) is 16.7 Å². The Hall–Kier alpha value is -3.38. The molecule has 1 aliphatic rings. The number of hydrogen-bond acceptors (Lipinski definition) is 5. The van der Waals surface area contributed by atoms with Gasteiger partial charge in [-0.15, -0.1) is 11.3 Å². The van der Waals surface area contributed by atoms with Gasteiger partial charge >= 0.3 is 0 Å². The van der Waals surface area contributed by atoms with Crippen molar-refractivity contribution in [1.29, 1.82) is 0 Å². The van der Waals surface area contributed by atoms with Gasteiger partial charge in [-0.25, -0.2) is 0 Å². The first-order chi connectivity index (χ1) is 15.7. The molecule has 1 aliphatic heterocycles. The molecule has 33 heavy (non-hydrogen) atoms. The second-order valence-corrected chi connectivity index (χ2v) is 10.1. The van der Waals surface area contributed by atoms with Crippen LogP contribution in [0, 0.1) is 0 Å². The Kier molecular flexibility index (Phi) is 6.13. The van der Waals surface area contributed by atoms with Crippen molar-refractivity contribution in [2.24, 2.45) is 0 Å². The summed E-state index contributed by atoms with van der Waals surface area (Å²) in [6.07, 6.45) is 0. The zero-order valence-electron chi connectivity index (χ0n) is 19.2. The van der Waals surface area contributed by atoms with Crippen LogP contribution < -0.4 is 4.74 Å². The Balaban J connectivity index is 1.78. The topological polar surface area (TPSA) is 66.8 Å². The molecule has 0 fully saturated rings. The summed E-state index contributed by atoms with van der Waals surface area (Å²) in [6.45, 7) is 6.63. The second-order valence-electron chi connectivity index (χ2n) is 9.13. The highest BCUT2D eigenvalue weighted by Gasteiger charge is 2.44. The van der Waals surface area contributed by atoms with Gasteiger partial charge in [0.05, 0.1) is 23.6 Å². The fourth-order valence-electron chi connectivity index (χ4n) is 4.07. The number of carbonyl (C=O) groups excluding carboxylic acids is 2. The van der Waals surface area contributed by atoms with Crippen molar-refractivity contribution in [2.45, 2.75) is 38.8 Å². The minimum absolute atomic E-state index is 0.0299. The number of hydrogen-bond donors (Lipinski definition) is 1. The first kappa shape index (κ1) is 22.8. The van der Waals surface area contributed by atoms with E-state index < -0.39 is 17.7 Å². The molecule has 1 unspecified atom stereocenters. The third kappa shape index (κ3) is 4.44. The molecule has 1 amide bonds. The Morgan fingerprint density at radius 2 is 1.82 bits per heavy atom. The molecule has 2 aromatic carbocycles. The Labute approximate surface area is 197 Å². The number of benzene rings is 2. The van der Waals surface area contributed by atoms with E-state index in [9.17, 15) is 14.7 Å². The molecule has 6 heteroatoms. The summed E-state index contributed by atoms with van der Waals surface area (Å²) in [4.78, 5) is 28.6. The average Bonchev–Trinajstić information content (AvgIpc) is 3.42. The van der Waals surface area contributed by atoms with E-state index >= 15 is 0 Å². The minimum Gasteiger partial charge on any atom is -0.503 e. The number of carbonyl (C=O) groups is 2. The highest BCUT2D eigenvalue weighted by atomic mass is 32.1. The van der Waals surface area contributed by atoms with E-state index in [1.165, 1.54) is 11.3 Å². The van der Waals surface area contributed by atoms with E-state index in [0.29, 0.717) is 10.6 Å². The van der Waals surface area contributed by atoms with Gasteiger partial charge in [0.15, 0.2) is 5.76 Å². The summed E-state index contributed by atoms with van der Waals surface area (Å²) in [5.41, 5.74) is 2.86. The van der Waals surface area contributed by atoms with Gasteiger partial charge in [0, 0.05) is 6.54 Å². The molecule has 4 rings (SSSR count). The lowest BCUT2D eigenvalue weighted by atomic mass is 9.85. The number of methoxy groups -OCH3 is 1. The van der Waals surface area contributed by atoms with Gasteiger partial charge in [0.1, 0.15) is 5.75 Å². The predicted octanol–water partition coefficient (Wildman–Crippen LogP) is 5.83. The molecule has 0 bridgehead atoms. The molecule has 0 spiro atoms. The Bertz CT molecular complexity index is 1200. The minimum atomic E-state index is -0.688.